The molecule has 0 unspecified atom stereocenters. The van der Waals surface area contributed by atoms with Gasteiger partial charge in [0.2, 0.25) is 5.91 Å². The van der Waals surface area contributed by atoms with Crippen LogP contribution in [-0.2, 0) is 11.3 Å². The summed E-state index contributed by atoms with van der Waals surface area (Å²) in [5, 5.41) is 6.99. The first kappa shape index (κ1) is 18.8. The van der Waals surface area contributed by atoms with Gasteiger partial charge in [-0.1, -0.05) is 16.8 Å². The molecule has 0 radical (unpaired) electrons. The lowest BCUT2D eigenvalue weighted by Crippen LogP contribution is -2.52. The number of carbonyl (C=O) groups is 1. The van der Waals surface area contributed by atoms with E-state index in [1.807, 2.05) is 19.9 Å². The Morgan fingerprint density at radius 1 is 1.35 bits per heavy atom. The van der Waals surface area contributed by atoms with Crippen molar-refractivity contribution in [3.8, 4) is 0 Å². The molecule has 1 N–H and O–H groups in total. The first-order valence-corrected chi connectivity index (χ1v) is 8.94. The van der Waals surface area contributed by atoms with Crippen LogP contribution in [0.3, 0.4) is 0 Å². The van der Waals surface area contributed by atoms with Gasteiger partial charge in [-0.25, -0.2) is 4.39 Å². The van der Waals surface area contributed by atoms with E-state index in [2.05, 4.69) is 20.3 Å². The molecule has 1 aromatic heterocycles. The van der Waals surface area contributed by atoms with Gasteiger partial charge in [-0.05, 0) is 32.0 Å². The van der Waals surface area contributed by atoms with Gasteiger partial charge in [0.05, 0.1) is 22.4 Å². The minimum absolute atomic E-state index is 0.154. The van der Waals surface area contributed by atoms with E-state index in [0.717, 1.165) is 44.2 Å². The molecule has 1 amide bonds. The van der Waals surface area contributed by atoms with E-state index < -0.39 is 5.82 Å². The van der Waals surface area contributed by atoms with Crippen LogP contribution in [0.25, 0.3) is 0 Å². The molecule has 1 aliphatic heterocycles. The normalized spacial score (nSPS) is 17.2. The van der Waals surface area contributed by atoms with Crippen LogP contribution in [0.2, 0.25) is 5.02 Å². The molecule has 1 fully saturated rings. The first-order valence-electron chi connectivity index (χ1n) is 8.57. The van der Waals surface area contributed by atoms with Gasteiger partial charge in [0.1, 0.15) is 11.6 Å². The van der Waals surface area contributed by atoms with Gasteiger partial charge >= 0.3 is 0 Å². The molecule has 2 aromatic rings. The smallest absolute Gasteiger partial charge is 0.241 e. The summed E-state index contributed by atoms with van der Waals surface area (Å²) in [7, 11) is 0. The van der Waals surface area contributed by atoms with Crippen molar-refractivity contribution < 1.29 is 13.7 Å². The van der Waals surface area contributed by atoms with Gasteiger partial charge in [0.15, 0.2) is 0 Å². The number of benzene rings is 1. The third-order valence-electron chi connectivity index (χ3n) is 4.59. The highest BCUT2D eigenvalue weighted by Crippen LogP contribution is 2.23. The molecule has 1 aliphatic rings. The van der Waals surface area contributed by atoms with Crippen LogP contribution in [-0.4, -0.2) is 53.1 Å². The van der Waals surface area contributed by atoms with Gasteiger partial charge in [-0.15, -0.1) is 0 Å². The van der Waals surface area contributed by atoms with Gasteiger partial charge < -0.3 is 9.84 Å². The average Bonchev–Trinajstić information content (AvgIpc) is 3.02. The SMILES string of the molecule is Cc1cc(CN2CCN([C@@H](C)C(=O)Nc3ccc(F)cc3Cl)CC2)no1. The fraction of sp³-hybridized carbons (Fsp3) is 0.444. The van der Waals surface area contributed by atoms with Crippen LogP contribution in [0.1, 0.15) is 18.4 Å². The molecule has 0 bridgehead atoms. The molecule has 0 aliphatic carbocycles. The Kier molecular flexibility index (Phi) is 5.90. The van der Waals surface area contributed by atoms with E-state index in [4.69, 9.17) is 16.1 Å². The van der Waals surface area contributed by atoms with Gasteiger partial charge in [0, 0.05) is 38.8 Å². The van der Waals surface area contributed by atoms with Crippen LogP contribution < -0.4 is 5.32 Å². The number of halogens is 2. The molecule has 0 saturated carbocycles. The molecule has 8 heteroatoms. The Bertz CT molecular complexity index is 774. The number of hydrogen-bond acceptors (Lipinski definition) is 5. The second-order valence-corrected chi connectivity index (χ2v) is 6.94. The minimum Gasteiger partial charge on any atom is -0.361 e. The van der Waals surface area contributed by atoms with Crippen molar-refractivity contribution in [1.82, 2.24) is 15.0 Å². The fourth-order valence-corrected chi connectivity index (χ4v) is 3.24. The number of aryl methyl sites for hydroxylation is 1. The number of piperazine rings is 1. The largest absolute Gasteiger partial charge is 0.361 e. The summed E-state index contributed by atoms with van der Waals surface area (Å²) < 4.78 is 18.2. The Morgan fingerprint density at radius 3 is 2.69 bits per heavy atom. The number of anilines is 1. The molecule has 1 aromatic carbocycles. The van der Waals surface area contributed by atoms with Crippen LogP contribution in [0.4, 0.5) is 10.1 Å². The Morgan fingerprint density at radius 2 is 2.08 bits per heavy atom. The Balaban J connectivity index is 1.51. The summed E-state index contributed by atoms with van der Waals surface area (Å²) in [5.41, 5.74) is 1.35. The molecule has 2 heterocycles. The number of carbonyl (C=O) groups excluding carboxylic acids is 1. The molecule has 0 spiro atoms. The number of nitrogens with zero attached hydrogens (tertiary/aromatic N) is 3. The lowest BCUT2D eigenvalue weighted by Gasteiger charge is -2.37. The number of hydrogen-bond donors (Lipinski definition) is 1. The maximum Gasteiger partial charge on any atom is 0.241 e. The summed E-state index contributed by atoms with van der Waals surface area (Å²) in [4.78, 5) is 16.9. The van der Waals surface area contributed by atoms with E-state index in [-0.39, 0.29) is 17.0 Å². The first-order chi connectivity index (χ1) is 12.4. The van der Waals surface area contributed by atoms with Gasteiger partial charge in [-0.2, -0.15) is 0 Å². The number of amides is 1. The van der Waals surface area contributed by atoms with Crippen LogP contribution in [0.5, 0.6) is 0 Å². The highest BCUT2D eigenvalue weighted by atomic mass is 35.5. The van der Waals surface area contributed by atoms with E-state index in [1.165, 1.54) is 18.2 Å². The van der Waals surface area contributed by atoms with Crippen molar-refractivity contribution in [3.63, 3.8) is 0 Å². The molecule has 140 valence electrons. The summed E-state index contributed by atoms with van der Waals surface area (Å²) in [5.74, 6) is 0.224. The maximum absolute atomic E-state index is 13.1. The predicted octanol–water partition coefficient (Wildman–Crippen LogP) is 2.92. The average molecular weight is 381 g/mol. The third-order valence-corrected chi connectivity index (χ3v) is 4.90. The summed E-state index contributed by atoms with van der Waals surface area (Å²) in [6.07, 6.45) is 0. The molecular formula is C18H22ClFN4O2. The Hall–Kier alpha value is -1.96. The highest BCUT2D eigenvalue weighted by molar-refractivity contribution is 6.33. The third kappa shape index (κ3) is 4.60. The van der Waals surface area contributed by atoms with E-state index in [1.54, 1.807) is 0 Å². The zero-order chi connectivity index (χ0) is 18.7. The van der Waals surface area contributed by atoms with Crippen molar-refractivity contribution in [1.29, 1.82) is 0 Å². The summed E-state index contributed by atoms with van der Waals surface area (Å²) in [6, 6.07) is 5.57. The van der Waals surface area contributed by atoms with Crippen molar-refractivity contribution in [2.75, 3.05) is 31.5 Å². The quantitative estimate of drug-likeness (QED) is 0.864. The zero-order valence-corrected chi connectivity index (χ0v) is 15.6. The van der Waals surface area contributed by atoms with E-state index in [9.17, 15) is 9.18 Å². The lowest BCUT2D eigenvalue weighted by molar-refractivity contribution is -0.121. The highest BCUT2D eigenvalue weighted by Gasteiger charge is 2.26. The lowest BCUT2D eigenvalue weighted by atomic mass is 10.2. The number of rotatable bonds is 5. The predicted molar refractivity (Wildman–Crippen MR) is 97.6 cm³/mol. The van der Waals surface area contributed by atoms with E-state index in [0.29, 0.717) is 5.69 Å². The Labute approximate surface area is 156 Å². The van der Waals surface area contributed by atoms with Gasteiger partial charge in [0.25, 0.3) is 0 Å². The zero-order valence-electron chi connectivity index (χ0n) is 14.8. The standard InChI is InChI=1S/C18H22ClFN4O2/c1-12-9-15(22-26-12)11-23-5-7-24(8-6-23)13(2)18(25)21-17-4-3-14(20)10-16(17)19/h3-4,9-10,13H,5-8,11H2,1-2H3,(H,21,25)/t13-/m0/s1. The molecule has 3 rings (SSSR count). The van der Waals surface area contributed by atoms with Gasteiger partial charge in [-0.3, -0.25) is 14.6 Å². The van der Waals surface area contributed by atoms with E-state index >= 15 is 0 Å². The van der Waals surface area contributed by atoms with Crippen molar-refractivity contribution in [3.05, 3.63) is 46.6 Å². The monoisotopic (exact) mass is 380 g/mol. The van der Waals surface area contributed by atoms with Crippen molar-refractivity contribution in [2.24, 2.45) is 0 Å². The van der Waals surface area contributed by atoms with Crippen LogP contribution in [0.15, 0.2) is 28.8 Å². The second kappa shape index (κ2) is 8.16. The van der Waals surface area contributed by atoms with Crippen molar-refractivity contribution in [2.45, 2.75) is 26.4 Å². The van der Waals surface area contributed by atoms with Crippen LogP contribution in [0, 0.1) is 12.7 Å². The molecular weight excluding hydrogens is 359 g/mol. The molecule has 1 saturated heterocycles. The minimum atomic E-state index is -0.431. The molecule has 1 atom stereocenters. The summed E-state index contributed by atoms with van der Waals surface area (Å²) in [6.45, 7) is 7.75. The number of nitrogens with one attached hydrogen (secondary N) is 1. The van der Waals surface area contributed by atoms with Crippen LogP contribution >= 0.6 is 11.6 Å². The topological polar surface area (TPSA) is 61.6 Å². The second-order valence-electron chi connectivity index (χ2n) is 6.53. The molecule has 6 nitrogen and oxygen atoms in total. The summed E-state index contributed by atoms with van der Waals surface area (Å²) >= 11 is 5.97. The maximum atomic E-state index is 13.1. The van der Waals surface area contributed by atoms with Crippen molar-refractivity contribution >= 4 is 23.2 Å². The fourth-order valence-electron chi connectivity index (χ4n) is 3.02. The number of aromatic nitrogens is 1. The molecule has 26 heavy (non-hydrogen) atoms.